The molecule has 0 unspecified atom stereocenters. The molecule has 2 amide bonds. The molecule has 0 radical (unpaired) electrons. The van der Waals surface area contributed by atoms with Crippen LogP contribution in [0.15, 0.2) is 34.9 Å². The van der Waals surface area contributed by atoms with Crippen LogP contribution in [0.2, 0.25) is 0 Å². The Balaban J connectivity index is 1.36. The summed E-state index contributed by atoms with van der Waals surface area (Å²) >= 11 is 1.14. The van der Waals surface area contributed by atoms with E-state index < -0.39 is 0 Å². The van der Waals surface area contributed by atoms with E-state index in [2.05, 4.69) is 24.8 Å². The summed E-state index contributed by atoms with van der Waals surface area (Å²) in [5.41, 5.74) is 0.909. The van der Waals surface area contributed by atoms with Crippen LogP contribution in [-0.2, 0) is 6.54 Å². The predicted molar refractivity (Wildman–Crippen MR) is 92.1 cm³/mol. The molecule has 1 saturated carbocycles. The molecular weight excluding hydrogens is 340 g/mol. The van der Waals surface area contributed by atoms with Gasteiger partial charge in [-0.15, -0.1) is 0 Å². The van der Waals surface area contributed by atoms with Crippen molar-refractivity contribution in [1.82, 2.24) is 24.4 Å². The SMILES string of the molecule is CN(Cc1noc(C2CC2)n1)C(=O)Nc1nc(-c2ccccc2)ns1. The zero-order valence-electron chi connectivity index (χ0n) is 13.5. The summed E-state index contributed by atoms with van der Waals surface area (Å²) in [5, 5.41) is 7.10. The van der Waals surface area contributed by atoms with E-state index in [4.69, 9.17) is 4.52 Å². The molecule has 1 aliphatic carbocycles. The first-order valence-corrected chi connectivity index (χ1v) is 8.70. The maximum Gasteiger partial charge on any atom is 0.323 e. The van der Waals surface area contributed by atoms with Gasteiger partial charge in [-0.05, 0) is 12.8 Å². The molecule has 1 N–H and O–H groups in total. The van der Waals surface area contributed by atoms with Crippen molar-refractivity contribution in [2.24, 2.45) is 0 Å². The summed E-state index contributed by atoms with van der Waals surface area (Å²) in [6.07, 6.45) is 2.19. The van der Waals surface area contributed by atoms with Crippen LogP contribution in [0.25, 0.3) is 11.4 Å². The minimum atomic E-state index is -0.298. The van der Waals surface area contributed by atoms with Gasteiger partial charge in [-0.2, -0.15) is 14.3 Å². The summed E-state index contributed by atoms with van der Waals surface area (Å²) in [7, 11) is 1.67. The molecule has 128 valence electrons. The molecule has 1 aliphatic rings. The van der Waals surface area contributed by atoms with Crippen molar-refractivity contribution < 1.29 is 9.32 Å². The Labute approximate surface area is 148 Å². The highest BCUT2D eigenvalue weighted by atomic mass is 32.1. The lowest BCUT2D eigenvalue weighted by molar-refractivity contribution is 0.219. The Bertz CT molecular complexity index is 874. The minimum Gasteiger partial charge on any atom is -0.339 e. The van der Waals surface area contributed by atoms with E-state index in [-0.39, 0.29) is 12.6 Å². The molecule has 25 heavy (non-hydrogen) atoms. The second kappa shape index (κ2) is 6.60. The van der Waals surface area contributed by atoms with E-state index >= 15 is 0 Å². The van der Waals surface area contributed by atoms with Gasteiger partial charge in [0.15, 0.2) is 11.6 Å². The molecule has 9 heteroatoms. The zero-order valence-corrected chi connectivity index (χ0v) is 14.4. The van der Waals surface area contributed by atoms with E-state index in [0.29, 0.717) is 28.6 Å². The average molecular weight is 356 g/mol. The second-order valence-corrected chi connectivity index (χ2v) is 6.65. The Morgan fingerprint density at radius 2 is 2.12 bits per heavy atom. The number of carbonyl (C=O) groups is 1. The van der Waals surface area contributed by atoms with Crippen LogP contribution in [0.1, 0.15) is 30.5 Å². The third-order valence-electron chi connectivity index (χ3n) is 3.81. The molecule has 0 bridgehead atoms. The van der Waals surface area contributed by atoms with Gasteiger partial charge in [-0.1, -0.05) is 35.5 Å². The number of carbonyl (C=O) groups excluding carboxylic acids is 1. The Kier molecular flexibility index (Phi) is 4.14. The largest absolute Gasteiger partial charge is 0.339 e. The fourth-order valence-electron chi connectivity index (χ4n) is 2.28. The predicted octanol–water partition coefficient (Wildman–Crippen LogP) is 3.13. The van der Waals surface area contributed by atoms with Gasteiger partial charge in [-0.25, -0.2) is 4.79 Å². The summed E-state index contributed by atoms with van der Waals surface area (Å²) in [4.78, 5) is 22.4. The highest BCUT2D eigenvalue weighted by Crippen LogP contribution is 2.38. The van der Waals surface area contributed by atoms with Crippen LogP contribution in [0.5, 0.6) is 0 Å². The maximum absolute atomic E-state index is 12.3. The molecule has 0 aliphatic heterocycles. The van der Waals surface area contributed by atoms with Gasteiger partial charge in [0.05, 0.1) is 6.54 Å². The lowest BCUT2D eigenvalue weighted by atomic mass is 10.2. The number of hydrogen-bond acceptors (Lipinski definition) is 7. The van der Waals surface area contributed by atoms with Crippen LogP contribution in [0.3, 0.4) is 0 Å². The number of nitrogens with one attached hydrogen (secondary N) is 1. The standard InChI is InChI=1S/C16H16N6O2S/c1-22(9-12-17-14(24-20-12)11-7-8-11)16(23)19-15-18-13(21-25-15)10-5-3-2-4-6-10/h2-6,11H,7-9H2,1H3,(H,18,19,21,23). The molecule has 8 nitrogen and oxygen atoms in total. The number of aromatic nitrogens is 4. The topological polar surface area (TPSA) is 97.0 Å². The molecular formula is C16H16N6O2S. The quantitative estimate of drug-likeness (QED) is 0.754. The number of anilines is 1. The van der Waals surface area contributed by atoms with Crippen LogP contribution in [0, 0.1) is 0 Å². The summed E-state index contributed by atoms with van der Waals surface area (Å²) < 4.78 is 9.47. The van der Waals surface area contributed by atoms with E-state index in [9.17, 15) is 4.79 Å². The molecule has 4 rings (SSSR count). The number of amides is 2. The molecule has 0 spiro atoms. The average Bonchev–Trinajstić information content (AvgIpc) is 3.20. The maximum atomic E-state index is 12.3. The number of hydrogen-bond donors (Lipinski definition) is 1. The van der Waals surface area contributed by atoms with Crippen LogP contribution < -0.4 is 5.32 Å². The monoisotopic (exact) mass is 356 g/mol. The number of urea groups is 1. The molecule has 1 fully saturated rings. The van der Waals surface area contributed by atoms with Crippen molar-refractivity contribution in [3.05, 3.63) is 42.0 Å². The van der Waals surface area contributed by atoms with Gasteiger partial charge in [0, 0.05) is 30.1 Å². The molecule has 3 aromatic rings. The molecule has 2 aromatic heterocycles. The van der Waals surface area contributed by atoms with Gasteiger partial charge < -0.3 is 9.42 Å². The zero-order chi connectivity index (χ0) is 17.2. The van der Waals surface area contributed by atoms with Gasteiger partial charge in [-0.3, -0.25) is 5.32 Å². The van der Waals surface area contributed by atoms with Gasteiger partial charge in [0.25, 0.3) is 0 Å². The molecule has 1 aromatic carbocycles. The van der Waals surface area contributed by atoms with E-state index in [1.54, 1.807) is 7.05 Å². The van der Waals surface area contributed by atoms with Crippen molar-refractivity contribution in [2.45, 2.75) is 25.3 Å². The molecule has 0 saturated heterocycles. The summed E-state index contributed by atoms with van der Waals surface area (Å²) in [6.45, 7) is 0.270. The highest BCUT2D eigenvalue weighted by Gasteiger charge is 2.29. The minimum absolute atomic E-state index is 0.270. The van der Waals surface area contributed by atoms with Crippen LogP contribution in [0.4, 0.5) is 9.93 Å². The van der Waals surface area contributed by atoms with Crippen LogP contribution in [-0.4, -0.2) is 37.5 Å². The van der Waals surface area contributed by atoms with Crippen molar-refractivity contribution in [2.75, 3.05) is 12.4 Å². The third kappa shape index (κ3) is 3.66. The first-order valence-electron chi connectivity index (χ1n) is 7.93. The van der Waals surface area contributed by atoms with Gasteiger partial charge in [0.1, 0.15) is 0 Å². The van der Waals surface area contributed by atoms with Crippen molar-refractivity contribution in [3.63, 3.8) is 0 Å². The molecule has 0 atom stereocenters. The highest BCUT2D eigenvalue weighted by molar-refractivity contribution is 7.10. The fraction of sp³-hybridized carbons (Fsp3) is 0.312. The Morgan fingerprint density at radius 1 is 1.32 bits per heavy atom. The summed E-state index contributed by atoms with van der Waals surface area (Å²) in [5.74, 6) is 2.16. The van der Waals surface area contributed by atoms with E-state index in [1.165, 1.54) is 4.90 Å². The third-order valence-corrected chi connectivity index (χ3v) is 4.44. The second-order valence-electron chi connectivity index (χ2n) is 5.90. The van der Waals surface area contributed by atoms with E-state index in [1.807, 2.05) is 30.3 Å². The lowest BCUT2D eigenvalue weighted by Crippen LogP contribution is -2.31. The summed E-state index contributed by atoms with van der Waals surface area (Å²) in [6, 6.07) is 9.32. The normalized spacial score (nSPS) is 13.6. The Morgan fingerprint density at radius 3 is 2.88 bits per heavy atom. The first kappa shape index (κ1) is 15.7. The first-order chi connectivity index (χ1) is 12.2. The van der Waals surface area contributed by atoms with Crippen molar-refractivity contribution in [3.8, 4) is 11.4 Å². The number of benzene rings is 1. The fourth-order valence-corrected chi connectivity index (χ4v) is 2.86. The van der Waals surface area contributed by atoms with Crippen molar-refractivity contribution in [1.29, 1.82) is 0 Å². The Hall–Kier alpha value is -2.81. The smallest absolute Gasteiger partial charge is 0.323 e. The van der Waals surface area contributed by atoms with Crippen LogP contribution >= 0.6 is 11.5 Å². The van der Waals surface area contributed by atoms with Gasteiger partial charge in [0.2, 0.25) is 11.0 Å². The van der Waals surface area contributed by atoms with Gasteiger partial charge >= 0.3 is 6.03 Å². The number of nitrogens with zero attached hydrogens (tertiary/aromatic N) is 5. The number of rotatable bonds is 5. The van der Waals surface area contributed by atoms with E-state index in [0.717, 1.165) is 29.9 Å². The van der Waals surface area contributed by atoms with Crippen molar-refractivity contribution >= 4 is 22.7 Å². The lowest BCUT2D eigenvalue weighted by Gasteiger charge is -2.14. The molecule has 2 heterocycles.